The minimum Gasteiger partial charge on any atom is -0.350 e. The zero-order chi connectivity index (χ0) is 20.5. The standard InChI is InChI=1S/C18H16F3N3O3S/c1-17(11-4-2-5-12(8-11)18(19,20)21)15(26)24(16(27)23-17)10-14(25)22-9-13-6-3-7-28-13/h2-8H,9-10H2,1H3,(H,22,25)(H,23,27). The largest absolute Gasteiger partial charge is 0.416 e. The number of alkyl halides is 3. The van der Waals surface area contributed by atoms with Crippen LogP contribution < -0.4 is 10.6 Å². The molecule has 148 valence electrons. The Labute approximate surface area is 162 Å². The van der Waals surface area contributed by atoms with E-state index in [4.69, 9.17) is 0 Å². The maximum atomic E-state index is 13.0. The van der Waals surface area contributed by atoms with Gasteiger partial charge in [-0.2, -0.15) is 13.2 Å². The lowest BCUT2D eigenvalue weighted by molar-refractivity contribution is -0.138. The molecule has 1 aromatic carbocycles. The van der Waals surface area contributed by atoms with Crippen molar-refractivity contribution in [3.05, 3.63) is 57.8 Å². The number of urea groups is 1. The van der Waals surface area contributed by atoms with E-state index in [9.17, 15) is 27.6 Å². The van der Waals surface area contributed by atoms with Crippen molar-refractivity contribution in [3.8, 4) is 0 Å². The Morgan fingerprint density at radius 3 is 2.64 bits per heavy atom. The molecule has 2 aromatic rings. The number of carbonyl (C=O) groups excluding carboxylic acids is 3. The Bertz CT molecular complexity index is 914. The number of benzene rings is 1. The van der Waals surface area contributed by atoms with Crippen LogP contribution in [0.15, 0.2) is 41.8 Å². The number of rotatable bonds is 5. The molecule has 1 saturated heterocycles. The third kappa shape index (κ3) is 3.86. The van der Waals surface area contributed by atoms with Gasteiger partial charge in [-0.15, -0.1) is 11.3 Å². The lowest BCUT2D eigenvalue weighted by Gasteiger charge is -2.23. The van der Waals surface area contributed by atoms with Gasteiger partial charge in [0.2, 0.25) is 5.91 Å². The third-order valence-electron chi connectivity index (χ3n) is 4.38. The first-order chi connectivity index (χ1) is 13.1. The van der Waals surface area contributed by atoms with E-state index in [-0.39, 0.29) is 12.1 Å². The number of nitrogens with one attached hydrogen (secondary N) is 2. The van der Waals surface area contributed by atoms with E-state index in [1.165, 1.54) is 30.4 Å². The van der Waals surface area contributed by atoms with E-state index in [0.29, 0.717) is 4.90 Å². The van der Waals surface area contributed by atoms with Crippen LogP contribution in [0.4, 0.5) is 18.0 Å². The first-order valence-corrected chi connectivity index (χ1v) is 9.10. The maximum Gasteiger partial charge on any atom is 0.416 e. The van der Waals surface area contributed by atoms with Gasteiger partial charge < -0.3 is 10.6 Å². The molecule has 1 aliphatic heterocycles. The van der Waals surface area contributed by atoms with Gasteiger partial charge >= 0.3 is 12.2 Å². The average molecular weight is 411 g/mol. The summed E-state index contributed by atoms with van der Waals surface area (Å²) >= 11 is 1.44. The molecule has 1 atom stereocenters. The third-order valence-corrected chi connectivity index (χ3v) is 5.26. The van der Waals surface area contributed by atoms with Crippen molar-refractivity contribution in [2.24, 2.45) is 0 Å². The fourth-order valence-electron chi connectivity index (χ4n) is 2.84. The zero-order valence-corrected chi connectivity index (χ0v) is 15.5. The Kier molecular flexibility index (Phi) is 5.16. The van der Waals surface area contributed by atoms with E-state index >= 15 is 0 Å². The zero-order valence-electron chi connectivity index (χ0n) is 14.7. The number of halogens is 3. The van der Waals surface area contributed by atoms with Gasteiger partial charge in [0.05, 0.1) is 12.1 Å². The predicted octanol–water partition coefficient (Wildman–Crippen LogP) is 2.85. The number of hydrogen-bond donors (Lipinski definition) is 2. The highest BCUT2D eigenvalue weighted by atomic mass is 32.1. The van der Waals surface area contributed by atoms with E-state index in [0.717, 1.165) is 17.0 Å². The second-order valence-electron chi connectivity index (χ2n) is 6.38. The van der Waals surface area contributed by atoms with Gasteiger partial charge in [0.15, 0.2) is 0 Å². The molecule has 0 saturated carbocycles. The van der Waals surface area contributed by atoms with Crippen LogP contribution in [0.3, 0.4) is 0 Å². The smallest absolute Gasteiger partial charge is 0.350 e. The molecule has 0 radical (unpaired) electrons. The van der Waals surface area contributed by atoms with E-state index in [1.54, 1.807) is 0 Å². The van der Waals surface area contributed by atoms with Gasteiger partial charge in [0.1, 0.15) is 12.1 Å². The summed E-state index contributed by atoms with van der Waals surface area (Å²) in [6, 6.07) is 7.00. The summed E-state index contributed by atoms with van der Waals surface area (Å²) in [4.78, 5) is 38.7. The maximum absolute atomic E-state index is 13.0. The van der Waals surface area contributed by atoms with Crippen LogP contribution >= 0.6 is 11.3 Å². The molecule has 4 amide bonds. The molecule has 0 bridgehead atoms. The summed E-state index contributed by atoms with van der Waals surface area (Å²) in [5.74, 6) is -1.34. The lowest BCUT2D eigenvalue weighted by Crippen LogP contribution is -2.43. The van der Waals surface area contributed by atoms with Gasteiger partial charge in [-0.1, -0.05) is 18.2 Å². The molecule has 6 nitrogen and oxygen atoms in total. The summed E-state index contributed by atoms with van der Waals surface area (Å²) in [7, 11) is 0. The first kappa shape index (κ1) is 19.9. The summed E-state index contributed by atoms with van der Waals surface area (Å²) in [6.45, 7) is 1.04. The van der Waals surface area contributed by atoms with Crippen LogP contribution in [-0.2, 0) is 27.8 Å². The van der Waals surface area contributed by atoms with Gasteiger partial charge in [0, 0.05) is 4.88 Å². The molecule has 0 spiro atoms. The normalized spacial score (nSPS) is 19.6. The molecule has 1 unspecified atom stereocenters. The molecule has 3 rings (SSSR count). The SMILES string of the molecule is CC1(c2cccc(C(F)(F)F)c2)NC(=O)N(CC(=O)NCc2cccs2)C1=O. The summed E-state index contributed by atoms with van der Waals surface area (Å²) in [5, 5.41) is 6.84. The van der Waals surface area contributed by atoms with Crippen molar-refractivity contribution in [1.29, 1.82) is 0 Å². The minimum atomic E-state index is -4.58. The molecule has 1 aromatic heterocycles. The second kappa shape index (κ2) is 7.27. The average Bonchev–Trinajstić information content (AvgIpc) is 3.23. The van der Waals surface area contributed by atoms with Crippen molar-refractivity contribution in [1.82, 2.24) is 15.5 Å². The Balaban J connectivity index is 1.74. The molecule has 2 heterocycles. The molecule has 1 fully saturated rings. The number of amides is 4. The van der Waals surface area contributed by atoms with Gasteiger partial charge in [-0.3, -0.25) is 14.5 Å². The summed E-state index contributed by atoms with van der Waals surface area (Å²) < 4.78 is 38.9. The van der Waals surface area contributed by atoms with Gasteiger partial charge in [-0.25, -0.2) is 4.79 Å². The Morgan fingerprint density at radius 2 is 2.00 bits per heavy atom. The quantitative estimate of drug-likeness (QED) is 0.743. The summed E-state index contributed by atoms with van der Waals surface area (Å²) in [5.41, 5.74) is -2.63. The number of carbonyl (C=O) groups is 3. The van der Waals surface area contributed by atoms with Crippen LogP contribution in [-0.4, -0.2) is 29.3 Å². The number of imide groups is 1. The van der Waals surface area contributed by atoms with Crippen LogP contribution in [0.1, 0.15) is 22.9 Å². The van der Waals surface area contributed by atoms with Crippen LogP contribution in [0.2, 0.25) is 0 Å². The van der Waals surface area contributed by atoms with Crippen LogP contribution in [0.5, 0.6) is 0 Å². The van der Waals surface area contributed by atoms with Crippen molar-refractivity contribution in [3.63, 3.8) is 0 Å². The van der Waals surface area contributed by atoms with Crippen molar-refractivity contribution < 1.29 is 27.6 Å². The molecule has 28 heavy (non-hydrogen) atoms. The second-order valence-corrected chi connectivity index (χ2v) is 7.41. The molecule has 10 heteroatoms. The fraction of sp³-hybridized carbons (Fsp3) is 0.278. The monoisotopic (exact) mass is 411 g/mol. The van der Waals surface area contributed by atoms with Crippen LogP contribution in [0.25, 0.3) is 0 Å². The molecule has 2 N–H and O–H groups in total. The lowest BCUT2D eigenvalue weighted by atomic mass is 9.90. The highest BCUT2D eigenvalue weighted by Crippen LogP contribution is 2.34. The van der Waals surface area contributed by atoms with Crippen molar-refractivity contribution in [2.45, 2.75) is 25.2 Å². The van der Waals surface area contributed by atoms with Crippen molar-refractivity contribution >= 4 is 29.2 Å². The number of thiophene rings is 1. The van der Waals surface area contributed by atoms with E-state index in [1.807, 2.05) is 17.5 Å². The van der Waals surface area contributed by atoms with E-state index < -0.39 is 41.7 Å². The molecule has 1 aliphatic rings. The molecular formula is C18H16F3N3O3S. The molecule has 0 aliphatic carbocycles. The van der Waals surface area contributed by atoms with Crippen molar-refractivity contribution in [2.75, 3.05) is 6.54 Å². The highest BCUT2D eigenvalue weighted by molar-refractivity contribution is 7.09. The summed E-state index contributed by atoms with van der Waals surface area (Å²) in [6.07, 6.45) is -4.58. The Hall–Kier alpha value is -2.88. The topological polar surface area (TPSA) is 78.5 Å². The van der Waals surface area contributed by atoms with Gasteiger partial charge in [0.25, 0.3) is 5.91 Å². The van der Waals surface area contributed by atoms with E-state index in [2.05, 4.69) is 10.6 Å². The minimum absolute atomic E-state index is 0.0119. The fourth-order valence-corrected chi connectivity index (χ4v) is 3.49. The van der Waals surface area contributed by atoms with Gasteiger partial charge in [-0.05, 0) is 36.1 Å². The van der Waals surface area contributed by atoms with Crippen LogP contribution in [0, 0.1) is 0 Å². The predicted molar refractivity (Wildman–Crippen MR) is 95.2 cm³/mol. The highest BCUT2D eigenvalue weighted by Gasteiger charge is 2.50. The number of hydrogen-bond acceptors (Lipinski definition) is 4. The first-order valence-electron chi connectivity index (χ1n) is 8.22. The number of nitrogens with zero attached hydrogens (tertiary/aromatic N) is 1. The molecular weight excluding hydrogens is 395 g/mol. The Morgan fingerprint density at radius 1 is 1.25 bits per heavy atom.